The number of halogens is 1. The lowest BCUT2D eigenvalue weighted by Crippen LogP contribution is -2.32. The molecule has 6 nitrogen and oxygen atoms in total. The van der Waals surface area contributed by atoms with Gasteiger partial charge in [0.15, 0.2) is 0 Å². The van der Waals surface area contributed by atoms with E-state index in [0.29, 0.717) is 17.3 Å². The molecule has 3 rings (SSSR count). The molecule has 1 aliphatic rings. The Kier molecular flexibility index (Phi) is 3.25. The van der Waals surface area contributed by atoms with Crippen LogP contribution in [0.1, 0.15) is 40.8 Å². The van der Waals surface area contributed by atoms with E-state index in [9.17, 15) is 4.79 Å². The molecule has 0 aliphatic carbocycles. The van der Waals surface area contributed by atoms with Crippen LogP contribution in [0.2, 0.25) is 5.02 Å². The molecule has 0 radical (unpaired) electrons. The number of carbonyl (C=O) groups excluding carboxylic acids is 1. The fourth-order valence-electron chi connectivity index (χ4n) is 2.65. The van der Waals surface area contributed by atoms with Gasteiger partial charge in [0.2, 0.25) is 0 Å². The lowest BCUT2D eigenvalue weighted by molar-refractivity contribution is 0.0720. The van der Waals surface area contributed by atoms with Gasteiger partial charge < -0.3 is 9.42 Å². The third-order valence-corrected chi connectivity index (χ3v) is 3.87. The van der Waals surface area contributed by atoms with Crippen LogP contribution in [0.5, 0.6) is 0 Å². The first-order chi connectivity index (χ1) is 9.58. The van der Waals surface area contributed by atoms with Gasteiger partial charge in [-0.1, -0.05) is 16.8 Å². The number of likely N-dealkylation sites (tertiary alicyclic amines) is 1. The molecular formula is C13H15ClN4O2. The van der Waals surface area contributed by atoms with E-state index >= 15 is 0 Å². The van der Waals surface area contributed by atoms with Crippen molar-refractivity contribution in [2.75, 3.05) is 6.54 Å². The van der Waals surface area contributed by atoms with E-state index < -0.39 is 0 Å². The predicted octanol–water partition coefficient (Wildman–Crippen LogP) is 2.35. The highest BCUT2D eigenvalue weighted by atomic mass is 35.5. The highest BCUT2D eigenvalue weighted by Gasteiger charge is 2.34. The van der Waals surface area contributed by atoms with Crippen LogP contribution in [0, 0.1) is 6.92 Å². The molecule has 1 amide bonds. The Labute approximate surface area is 121 Å². The molecule has 0 saturated carbocycles. The minimum atomic E-state index is -0.113. The lowest BCUT2D eigenvalue weighted by atomic mass is 10.1. The Hall–Kier alpha value is -1.82. The predicted molar refractivity (Wildman–Crippen MR) is 72.5 cm³/mol. The standard InChI is InChI=1S/C13H15ClN4O2/c1-8-6-10(16-20-8)11-4-3-5-18(11)13(19)12-9(14)7-15-17(12)2/h6-7,11H,3-5H2,1-2H3/t11-/m0/s1. The van der Waals surface area contributed by atoms with Crippen molar-refractivity contribution in [1.82, 2.24) is 19.8 Å². The van der Waals surface area contributed by atoms with E-state index in [1.54, 1.807) is 11.9 Å². The molecule has 1 atom stereocenters. The average Bonchev–Trinajstić information content (AvgIpc) is 3.09. The minimum absolute atomic E-state index is 0.0501. The van der Waals surface area contributed by atoms with Crippen LogP contribution in [-0.2, 0) is 7.05 Å². The summed E-state index contributed by atoms with van der Waals surface area (Å²) in [5.74, 6) is 0.635. The van der Waals surface area contributed by atoms with Crippen LogP contribution >= 0.6 is 11.6 Å². The molecule has 7 heteroatoms. The van der Waals surface area contributed by atoms with Gasteiger partial charge in [0, 0.05) is 19.7 Å². The van der Waals surface area contributed by atoms with E-state index in [2.05, 4.69) is 10.3 Å². The van der Waals surface area contributed by atoms with Gasteiger partial charge in [-0.2, -0.15) is 5.10 Å². The van der Waals surface area contributed by atoms with Gasteiger partial charge >= 0.3 is 0 Å². The number of carbonyl (C=O) groups is 1. The quantitative estimate of drug-likeness (QED) is 0.853. The van der Waals surface area contributed by atoms with Crippen molar-refractivity contribution in [3.05, 3.63) is 34.4 Å². The summed E-state index contributed by atoms with van der Waals surface area (Å²) in [4.78, 5) is 14.5. The lowest BCUT2D eigenvalue weighted by Gasteiger charge is -2.23. The van der Waals surface area contributed by atoms with E-state index in [1.807, 2.05) is 13.0 Å². The zero-order valence-corrected chi connectivity index (χ0v) is 12.1. The molecule has 20 heavy (non-hydrogen) atoms. The number of amides is 1. The largest absolute Gasteiger partial charge is 0.361 e. The van der Waals surface area contributed by atoms with Crippen molar-refractivity contribution < 1.29 is 9.32 Å². The fraction of sp³-hybridized carbons (Fsp3) is 0.462. The molecule has 1 saturated heterocycles. The van der Waals surface area contributed by atoms with Crippen LogP contribution in [0.3, 0.4) is 0 Å². The van der Waals surface area contributed by atoms with Gasteiger partial charge in [-0.05, 0) is 19.8 Å². The molecule has 0 aromatic carbocycles. The first-order valence-corrected chi connectivity index (χ1v) is 6.87. The third kappa shape index (κ3) is 2.10. The van der Waals surface area contributed by atoms with Gasteiger partial charge in [0.1, 0.15) is 17.1 Å². The average molecular weight is 295 g/mol. The molecule has 0 unspecified atom stereocenters. The first kappa shape index (κ1) is 13.2. The highest BCUT2D eigenvalue weighted by molar-refractivity contribution is 6.33. The maximum Gasteiger partial charge on any atom is 0.274 e. The molecule has 1 fully saturated rings. The van der Waals surface area contributed by atoms with Crippen molar-refractivity contribution in [2.24, 2.45) is 7.05 Å². The molecular weight excluding hydrogens is 280 g/mol. The topological polar surface area (TPSA) is 64.2 Å². The first-order valence-electron chi connectivity index (χ1n) is 6.49. The van der Waals surface area contributed by atoms with E-state index in [4.69, 9.17) is 16.1 Å². The maximum absolute atomic E-state index is 12.7. The molecule has 0 spiro atoms. The third-order valence-electron chi connectivity index (χ3n) is 3.60. The number of hydrogen-bond donors (Lipinski definition) is 0. The summed E-state index contributed by atoms with van der Waals surface area (Å²) in [6, 6.07) is 1.83. The number of aromatic nitrogens is 3. The monoisotopic (exact) mass is 294 g/mol. The molecule has 0 bridgehead atoms. The van der Waals surface area contributed by atoms with Crippen molar-refractivity contribution in [3.63, 3.8) is 0 Å². The molecule has 0 N–H and O–H groups in total. The summed E-state index contributed by atoms with van der Waals surface area (Å²) in [6.07, 6.45) is 3.31. The Morgan fingerprint density at radius 2 is 2.35 bits per heavy atom. The Balaban J connectivity index is 1.91. The summed E-state index contributed by atoms with van der Waals surface area (Å²) < 4.78 is 6.62. The Morgan fingerprint density at radius 1 is 1.55 bits per heavy atom. The molecule has 106 valence electrons. The van der Waals surface area contributed by atoms with Crippen molar-refractivity contribution in [2.45, 2.75) is 25.8 Å². The second-order valence-corrected chi connectivity index (χ2v) is 5.39. The van der Waals surface area contributed by atoms with Crippen LogP contribution < -0.4 is 0 Å². The maximum atomic E-state index is 12.7. The number of aryl methyl sites for hydroxylation is 2. The summed E-state index contributed by atoms with van der Waals surface area (Å²) in [5, 5.41) is 8.42. The molecule has 1 aliphatic heterocycles. The van der Waals surface area contributed by atoms with Gasteiger partial charge in [-0.15, -0.1) is 0 Å². The minimum Gasteiger partial charge on any atom is -0.361 e. The summed E-state index contributed by atoms with van der Waals surface area (Å²) >= 11 is 6.05. The Bertz CT molecular complexity index is 629. The van der Waals surface area contributed by atoms with Crippen LogP contribution in [0.15, 0.2) is 16.8 Å². The van der Waals surface area contributed by atoms with Crippen LogP contribution in [0.25, 0.3) is 0 Å². The van der Waals surface area contributed by atoms with Gasteiger partial charge in [-0.25, -0.2) is 0 Å². The molecule has 2 aromatic rings. The summed E-state index contributed by atoms with van der Waals surface area (Å²) in [5.41, 5.74) is 1.21. The van der Waals surface area contributed by atoms with E-state index in [1.165, 1.54) is 10.9 Å². The van der Waals surface area contributed by atoms with Crippen molar-refractivity contribution in [3.8, 4) is 0 Å². The highest BCUT2D eigenvalue weighted by Crippen LogP contribution is 2.33. The second-order valence-electron chi connectivity index (χ2n) is 4.98. The molecule has 2 aromatic heterocycles. The smallest absolute Gasteiger partial charge is 0.274 e. The zero-order chi connectivity index (χ0) is 14.3. The number of rotatable bonds is 2. The van der Waals surface area contributed by atoms with Crippen LogP contribution in [0.4, 0.5) is 0 Å². The SMILES string of the molecule is Cc1cc([C@@H]2CCCN2C(=O)c2c(Cl)cnn2C)no1. The second kappa shape index (κ2) is 4.94. The van der Waals surface area contributed by atoms with Gasteiger partial charge in [-0.3, -0.25) is 9.48 Å². The zero-order valence-electron chi connectivity index (χ0n) is 11.3. The van der Waals surface area contributed by atoms with Crippen molar-refractivity contribution in [1.29, 1.82) is 0 Å². The number of hydrogen-bond acceptors (Lipinski definition) is 4. The summed E-state index contributed by atoms with van der Waals surface area (Å²) in [6.45, 7) is 2.53. The summed E-state index contributed by atoms with van der Waals surface area (Å²) in [7, 11) is 1.71. The van der Waals surface area contributed by atoms with Crippen LogP contribution in [-0.4, -0.2) is 32.3 Å². The van der Waals surface area contributed by atoms with E-state index in [0.717, 1.165) is 24.3 Å². The van der Waals surface area contributed by atoms with Gasteiger partial charge in [0.25, 0.3) is 5.91 Å². The van der Waals surface area contributed by atoms with E-state index in [-0.39, 0.29) is 11.9 Å². The molecule has 3 heterocycles. The normalized spacial score (nSPS) is 18.8. The fourth-order valence-corrected chi connectivity index (χ4v) is 2.89. The van der Waals surface area contributed by atoms with Gasteiger partial charge in [0.05, 0.1) is 17.3 Å². The van der Waals surface area contributed by atoms with Crippen molar-refractivity contribution >= 4 is 17.5 Å². The number of nitrogens with zero attached hydrogens (tertiary/aromatic N) is 4. The Morgan fingerprint density at radius 3 is 2.95 bits per heavy atom.